The fraction of sp³-hybridized carbons (Fsp3) is 0.737. The first kappa shape index (κ1) is 21.2. The van der Waals surface area contributed by atoms with Crippen molar-refractivity contribution >= 4 is 17.8 Å². The van der Waals surface area contributed by atoms with Gasteiger partial charge in [-0.05, 0) is 12.8 Å². The summed E-state index contributed by atoms with van der Waals surface area (Å²) in [6, 6.07) is 0. The molecule has 1 aliphatic heterocycles. The molecule has 0 saturated carbocycles. The highest BCUT2D eigenvalue weighted by Gasteiger charge is 2.32. The van der Waals surface area contributed by atoms with Gasteiger partial charge >= 0.3 is 5.97 Å². The van der Waals surface area contributed by atoms with E-state index >= 15 is 0 Å². The van der Waals surface area contributed by atoms with Crippen LogP contribution in [-0.4, -0.2) is 37.0 Å². The Labute approximate surface area is 150 Å². The van der Waals surface area contributed by atoms with Crippen LogP contribution in [0, 0.1) is 0 Å². The zero-order valence-electron chi connectivity index (χ0n) is 15.6. The zero-order valence-corrected chi connectivity index (χ0v) is 15.6. The Kier molecular flexibility index (Phi) is 10.6. The number of cyclic esters (lactones) is 1. The summed E-state index contributed by atoms with van der Waals surface area (Å²) >= 11 is 0. The molecule has 0 radical (unpaired) electrons. The molecular weight excluding hydrogens is 320 g/mol. The summed E-state index contributed by atoms with van der Waals surface area (Å²) in [4.78, 5) is 35.7. The molecule has 1 heterocycles. The lowest BCUT2D eigenvalue weighted by Crippen LogP contribution is -2.34. The third-order valence-electron chi connectivity index (χ3n) is 4.18. The number of unbranched alkanes of at least 4 members (excludes halogenated alkanes) is 6. The van der Waals surface area contributed by atoms with Crippen molar-refractivity contribution in [2.45, 2.75) is 77.7 Å². The van der Waals surface area contributed by atoms with Crippen molar-refractivity contribution in [2.75, 3.05) is 13.1 Å². The van der Waals surface area contributed by atoms with Crippen LogP contribution in [0.15, 0.2) is 11.6 Å². The molecule has 2 N–H and O–H groups in total. The van der Waals surface area contributed by atoms with Crippen molar-refractivity contribution in [3.8, 4) is 0 Å². The highest BCUT2D eigenvalue weighted by molar-refractivity contribution is 6.03. The van der Waals surface area contributed by atoms with Gasteiger partial charge < -0.3 is 15.4 Å². The first-order valence-corrected chi connectivity index (χ1v) is 9.55. The Hall–Kier alpha value is -1.85. The van der Waals surface area contributed by atoms with E-state index in [0.29, 0.717) is 13.1 Å². The number of hydrogen-bond acceptors (Lipinski definition) is 4. The van der Waals surface area contributed by atoms with E-state index in [1.54, 1.807) is 0 Å². The molecule has 1 unspecified atom stereocenters. The fourth-order valence-electron chi connectivity index (χ4n) is 2.70. The van der Waals surface area contributed by atoms with Gasteiger partial charge in [0, 0.05) is 19.2 Å². The van der Waals surface area contributed by atoms with Crippen LogP contribution in [0.2, 0.25) is 0 Å². The number of hydrogen-bond donors (Lipinski definition) is 2. The van der Waals surface area contributed by atoms with Crippen LogP contribution in [0.5, 0.6) is 0 Å². The highest BCUT2D eigenvalue weighted by Crippen LogP contribution is 2.19. The Balaban J connectivity index is 2.35. The minimum Gasteiger partial charge on any atom is -0.454 e. The molecule has 142 valence electrons. The quantitative estimate of drug-likeness (QED) is 0.394. The smallest absolute Gasteiger partial charge is 0.332 e. The fourth-order valence-corrected chi connectivity index (χ4v) is 2.70. The lowest BCUT2D eigenvalue weighted by molar-refractivity contribution is -0.140. The molecule has 0 aromatic rings. The number of carbonyl (C=O) groups excluding carboxylic acids is 3. The summed E-state index contributed by atoms with van der Waals surface area (Å²) in [5.74, 6) is -1.07. The summed E-state index contributed by atoms with van der Waals surface area (Å²) in [7, 11) is 0. The predicted octanol–water partition coefficient (Wildman–Crippen LogP) is 2.62. The van der Waals surface area contributed by atoms with Crippen molar-refractivity contribution in [1.82, 2.24) is 10.6 Å². The summed E-state index contributed by atoms with van der Waals surface area (Å²) in [6.45, 7) is 5.45. The maximum Gasteiger partial charge on any atom is 0.332 e. The Morgan fingerprint density at radius 3 is 2.16 bits per heavy atom. The number of amides is 2. The molecule has 0 spiro atoms. The van der Waals surface area contributed by atoms with Crippen molar-refractivity contribution < 1.29 is 19.1 Å². The average molecular weight is 352 g/mol. The molecule has 1 aliphatic rings. The molecule has 0 aromatic heterocycles. The largest absolute Gasteiger partial charge is 0.454 e. The SMILES string of the molecule is CCCCCCNC(=O)CC1OC(=O)C=C1C(=O)NCCCCCC. The van der Waals surface area contributed by atoms with Crippen molar-refractivity contribution in [3.63, 3.8) is 0 Å². The van der Waals surface area contributed by atoms with Gasteiger partial charge in [0.25, 0.3) is 5.91 Å². The van der Waals surface area contributed by atoms with E-state index in [1.165, 1.54) is 6.08 Å². The number of rotatable bonds is 13. The Morgan fingerprint density at radius 2 is 1.56 bits per heavy atom. The molecule has 6 nitrogen and oxygen atoms in total. The van der Waals surface area contributed by atoms with Gasteiger partial charge in [-0.1, -0.05) is 52.4 Å². The monoisotopic (exact) mass is 352 g/mol. The second-order valence-electron chi connectivity index (χ2n) is 6.46. The number of ether oxygens (including phenoxy) is 1. The van der Waals surface area contributed by atoms with Crippen LogP contribution < -0.4 is 10.6 Å². The molecule has 0 bridgehead atoms. The average Bonchev–Trinajstić information content (AvgIpc) is 2.94. The van der Waals surface area contributed by atoms with Crippen LogP contribution >= 0.6 is 0 Å². The third kappa shape index (κ3) is 8.70. The Morgan fingerprint density at radius 1 is 0.960 bits per heavy atom. The van der Waals surface area contributed by atoms with E-state index in [1.807, 2.05) is 0 Å². The molecule has 6 heteroatoms. The second kappa shape index (κ2) is 12.5. The van der Waals surface area contributed by atoms with Crippen molar-refractivity contribution in [2.24, 2.45) is 0 Å². The molecule has 1 atom stereocenters. The second-order valence-corrected chi connectivity index (χ2v) is 6.46. The van der Waals surface area contributed by atoms with Gasteiger partial charge in [-0.15, -0.1) is 0 Å². The van der Waals surface area contributed by atoms with Gasteiger partial charge in [0.1, 0.15) is 6.10 Å². The lowest BCUT2D eigenvalue weighted by Gasteiger charge is -2.14. The van der Waals surface area contributed by atoms with Crippen LogP contribution in [0.25, 0.3) is 0 Å². The van der Waals surface area contributed by atoms with Crippen LogP contribution in [0.4, 0.5) is 0 Å². The normalized spacial score (nSPS) is 16.3. The number of carbonyl (C=O) groups is 3. The van der Waals surface area contributed by atoms with E-state index in [2.05, 4.69) is 24.5 Å². The van der Waals surface area contributed by atoms with Crippen molar-refractivity contribution in [1.29, 1.82) is 0 Å². The van der Waals surface area contributed by atoms with Gasteiger partial charge in [0.05, 0.1) is 12.0 Å². The number of nitrogens with one attached hydrogen (secondary N) is 2. The van der Waals surface area contributed by atoms with Crippen LogP contribution in [0.1, 0.15) is 71.6 Å². The summed E-state index contributed by atoms with van der Waals surface area (Å²) in [6.07, 6.45) is 8.98. The van der Waals surface area contributed by atoms with Gasteiger partial charge in [0.2, 0.25) is 5.91 Å². The first-order valence-electron chi connectivity index (χ1n) is 9.55. The van der Waals surface area contributed by atoms with Crippen molar-refractivity contribution in [3.05, 3.63) is 11.6 Å². The summed E-state index contributed by atoms with van der Waals surface area (Å²) in [5, 5.41) is 5.62. The summed E-state index contributed by atoms with van der Waals surface area (Å²) in [5.41, 5.74) is 0.252. The molecule has 0 fully saturated rings. The topological polar surface area (TPSA) is 84.5 Å². The maximum absolute atomic E-state index is 12.2. The minimum absolute atomic E-state index is 0.00535. The van der Waals surface area contributed by atoms with E-state index in [-0.39, 0.29) is 23.8 Å². The predicted molar refractivity (Wildman–Crippen MR) is 96.9 cm³/mol. The van der Waals surface area contributed by atoms with Gasteiger partial charge in [-0.25, -0.2) is 4.79 Å². The molecule has 1 rings (SSSR count). The minimum atomic E-state index is -0.779. The Bertz CT molecular complexity index is 474. The third-order valence-corrected chi connectivity index (χ3v) is 4.18. The van der Waals surface area contributed by atoms with E-state index in [4.69, 9.17) is 4.74 Å². The van der Waals surface area contributed by atoms with Crippen LogP contribution in [0.3, 0.4) is 0 Å². The first-order chi connectivity index (χ1) is 12.1. The molecule has 0 aliphatic carbocycles. The molecule has 2 amide bonds. The molecule has 0 aromatic carbocycles. The van der Waals surface area contributed by atoms with Gasteiger partial charge in [-0.3, -0.25) is 9.59 Å². The summed E-state index contributed by atoms with van der Waals surface area (Å²) < 4.78 is 5.10. The van der Waals surface area contributed by atoms with Crippen LogP contribution in [-0.2, 0) is 19.1 Å². The van der Waals surface area contributed by atoms with E-state index < -0.39 is 12.1 Å². The maximum atomic E-state index is 12.2. The van der Waals surface area contributed by atoms with Gasteiger partial charge in [-0.2, -0.15) is 0 Å². The number of esters is 1. The zero-order chi connectivity index (χ0) is 18.5. The standard InChI is InChI=1S/C19H32N2O4/c1-3-5-7-9-11-20-17(22)14-16-15(13-18(23)25-16)19(24)21-12-10-8-6-4-2/h13,16H,3-12,14H2,1-2H3,(H,20,22)(H,21,24). The van der Waals surface area contributed by atoms with E-state index in [0.717, 1.165) is 51.4 Å². The molecule has 0 saturated heterocycles. The highest BCUT2D eigenvalue weighted by atomic mass is 16.5. The van der Waals surface area contributed by atoms with E-state index in [9.17, 15) is 14.4 Å². The molecule has 25 heavy (non-hydrogen) atoms. The lowest BCUT2D eigenvalue weighted by atomic mass is 10.1. The van der Waals surface area contributed by atoms with Gasteiger partial charge in [0.15, 0.2) is 0 Å². The molecular formula is C19H32N2O4.